The van der Waals surface area contributed by atoms with Gasteiger partial charge in [-0.05, 0) is 31.0 Å². The summed E-state index contributed by atoms with van der Waals surface area (Å²) in [6.45, 7) is 5.98. The first kappa shape index (κ1) is 23.0. The van der Waals surface area contributed by atoms with Crippen molar-refractivity contribution in [3.8, 4) is 11.6 Å². The summed E-state index contributed by atoms with van der Waals surface area (Å²) < 4.78 is 11.1. The summed E-state index contributed by atoms with van der Waals surface area (Å²) >= 11 is 0. The quantitative estimate of drug-likeness (QED) is 0.340. The summed E-state index contributed by atoms with van der Waals surface area (Å²) in [5.74, 6) is 2.24. The Hall–Kier alpha value is -2.03. The molecular formula is C20H29IN4O2. The van der Waals surface area contributed by atoms with E-state index in [0.717, 1.165) is 23.3 Å². The average Bonchev–Trinajstić information content (AvgIpc) is 2.67. The summed E-state index contributed by atoms with van der Waals surface area (Å²) in [5, 5.41) is 6.61. The second-order valence-electron chi connectivity index (χ2n) is 5.91. The number of nitrogens with one attached hydrogen (secondary N) is 2. The predicted octanol–water partition coefficient (Wildman–Crippen LogP) is 3.67. The molecule has 1 aromatic carbocycles. The molecule has 7 heteroatoms. The van der Waals surface area contributed by atoms with Crippen LogP contribution in [-0.2, 0) is 13.1 Å². The first-order chi connectivity index (χ1) is 12.7. The third-order valence-electron chi connectivity index (χ3n) is 3.85. The number of aliphatic imine (C=N–C) groups is 1. The molecule has 0 bridgehead atoms. The third kappa shape index (κ3) is 7.24. The first-order valence-corrected chi connectivity index (χ1v) is 8.82. The van der Waals surface area contributed by atoms with Gasteiger partial charge in [0.1, 0.15) is 5.75 Å². The van der Waals surface area contributed by atoms with E-state index in [1.807, 2.05) is 25.1 Å². The minimum absolute atomic E-state index is 0. The van der Waals surface area contributed by atoms with Crippen LogP contribution in [-0.4, -0.2) is 31.7 Å². The van der Waals surface area contributed by atoms with Crippen LogP contribution in [0.25, 0.3) is 0 Å². The van der Waals surface area contributed by atoms with Crippen molar-refractivity contribution >= 4 is 29.9 Å². The van der Waals surface area contributed by atoms with Gasteiger partial charge in [0, 0.05) is 37.5 Å². The van der Waals surface area contributed by atoms with Gasteiger partial charge in [-0.2, -0.15) is 0 Å². The van der Waals surface area contributed by atoms with Crippen LogP contribution in [0, 0.1) is 6.92 Å². The van der Waals surface area contributed by atoms with Crippen molar-refractivity contribution in [2.75, 3.05) is 20.8 Å². The number of methoxy groups -OCH3 is 1. The number of nitrogens with zero attached hydrogens (tertiary/aromatic N) is 2. The van der Waals surface area contributed by atoms with Gasteiger partial charge < -0.3 is 20.1 Å². The number of benzene rings is 1. The Balaban J connectivity index is 0.00000364. The van der Waals surface area contributed by atoms with Crippen LogP contribution in [0.5, 0.6) is 11.6 Å². The topological polar surface area (TPSA) is 67.8 Å². The highest BCUT2D eigenvalue weighted by Crippen LogP contribution is 2.19. The number of hydrogen-bond acceptors (Lipinski definition) is 4. The van der Waals surface area contributed by atoms with E-state index < -0.39 is 0 Å². The van der Waals surface area contributed by atoms with Crippen LogP contribution >= 0.6 is 24.0 Å². The molecular weight excluding hydrogens is 455 g/mol. The van der Waals surface area contributed by atoms with Gasteiger partial charge in [0.15, 0.2) is 5.96 Å². The molecule has 0 aliphatic carbocycles. The first-order valence-electron chi connectivity index (χ1n) is 8.82. The highest BCUT2D eigenvalue weighted by atomic mass is 127. The molecule has 2 aromatic rings. The largest absolute Gasteiger partial charge is 0.496 e. The molecule has 0 unspecified atom stereocenters. The van der Waals surface area contributed by atoms with Crippen molar-refractivity contribution in [2.24, 2.45) is 4.99 Å². The molecule has 0 aliphatic heterocycles. The normalized spacial score (nSPS) is 10.7. The lowest BCUT2D eigenvalue weighted by atomic mass is 10.1. The summed E-state index contributed by atoms with van der Waals surface area (Å²) in [4.78, 5) is 8.58. The van der Waals surface area contributed by atoms with Crippen LogP contribution in [0.15, 0.2) is 41.5 Å². The van der Waals surface area contributed by atoms with Crippen molar-refractivity contribution < 1.29 is 9.47 Å². The molecule has 0 spiro atoms. The summed E-state index contributed by atoms with van der Waals surface area (Å²) in [6, 6.07) is 10.1. The van der Waals surface area contributed by atoms with Crippen molar-refractivity contribution in [3.05, 3.63) is 53.2 Å². The fourth-order valence-electron chi connectivity index (χ4n) is 2.46. The highest BCUT2D eigenvalue weighted by Gasteiger charge is 2.07. The molecule has 2 rings (SSSR count). The maximum absolute atomic E-state index is 5.70. The fraction of sp³-hybridized carbons (Fsp3) is 0.400. The van der Waals surface area contributed by atoms with E-state index in [4.69, 9.17) is 9.47 Å². The molecule has 1 aromatic heterocycles. The van der Waals surface area contributed by atoms with Crippen LogP contribution in [0.4, 0.5) is 0 Å². The minimum atomic E-state index is 0. The monoisotopic (exact) mass is 484 g/mol. The summed E-state index contributed by atoms with van der Waals surface area (Å²) in [5.41, 5.74) is 3.25. The second-order valence-corrected chi connectivity index (χ2v) is 5.91. The predicted molar refractivity (Wildman–Crippen MR) is 120 cm³/mol. The standard InChI is InChI=1S/C20H28N4O2.HI/c1-5-11-26-19-17(7-6-10-22-19)14-24-20(21-3)23-13-16-9-8-15(2)12-18(16)25-4;/h6-10,12H,5,11,13-14H2,1-4H3,(H2,21,23,24);1H. The Morgan fingerprint density at radius 3 is 2.56 bits per heavy atom. The average molecular weight is 484 g/mol. The molecule has 0 amide bonds. The number of hydrogen-bond donors (Lipinski definition) is 2. The SMILES string of the molecule is CCCOc1ncccc1CNC(=NC)NCc1ccc(C)cc1OC.I. The van der Waals surface area contributed by atoms with Gasteiger partial charge in [0.2, 0.25) is 5.88 Å². The van der Waals surface area contributed by atoms with Crippen molar-refractivity contribution in [1.82, 2.24) is 15.6 Å². The molecule has 1 heterocycles. The Morgan fingerprint density at radius 1 is 1.15 bits per heavy atom. The zero-order chi connectivity index (χ0) is 18.8. The van der Waals surface area contributed by atoms with E-state index >= 15 is 0 Å². The van der Waals surface area contributed by atoms with Gasteiger partial charge in [0.05, 0.1) is 13.7 Å². The van der Waals surface area contributed by atoms with Gasteiger partial charge in [-0.1, -0.05) is 25.1 Å². The summed E-state index contributed by atoms with van der Waals surface area (Å²) in [7, 11) is 3.44. The number of halogens is 1. The molecule has 0 atom stereocenters. The molecule has 0 fully saturated rings. The lowest BCUT2D eigenvalue weighted by Gasteiger charge is -2.15. The van der Waals surface area contributed by atoms with Gasteiger partial charge >= 0.3 is 0 Å². The van der Waals surface area contributed by atoms with Crippen LogP contribution in [0.3, 0.4) is 0 Å². The molecule has 2 N–H and O–H groups in total. The van der Waals surface area contributed by atoms with Gasteiger partial charge in [-0.25, -0.2) is 4.98 Å². The zero-order valence-corrected chi connectivity index (χ0v) is 18.7. The Bertz CT molecular complexity index is 738. The van der Waals surface area contributed by atoms with E-state index in [1.54, 1.807) is 20.4 Å². The number of aryl methyl sites for hydroxylation is 1. The molecule has 0 aliphatic rings. The Labute approximate surface area is 178 Å². The lowest BCUT2D eigenvalue weighted by molar-refractivity contribution is 0.301. The number of rotatable bonds is 8. The second kappa shape index (κ2) is 12.4. The summed E-state index contributed by atoms with van der Waals surface area (Å²) in [6.07, 6.45) is 2.69. The molecule has 0 radical (unpaired) electrons. The number of pyridine rings is 1. The van der Waals surface area contributed by atoms with Gasteiger partial charge in [0.25, 0.3) is 0 Å². The van der Waals surface area contributed by atoms with E-state index in [2.05, 4.69) is 39.7 Å². The molecule has 27 heavy (non-hydrogen) atoms. The van der Waals surface area contributed by atoms with Crippen LogP contribution < -0.4 is 20.1 Å². The zero-order valence-electron chi connectivity index (χ0n) is 16.4. The van der Waals surface area contributed by atoms with E-state index in [-0.39, 0.29) is 24.0 Å². The van der Waals surface area contributed by atoms with Crippen molar-refractivity contribution in [1.29, 1.82) is 0 Å². The molecule has 148 valence electrons. The fourth-order valence-corrected chi connectivity index (χ4v) is 2.46. The number of ether oxygens (including phenoxy) is 2. The van der Waals surface area contributed by atoms with Gasteiger partial charge in [-0.15, -0.1) is 24.0 Å². The van der Waals surface area contributed by atoms with E-state index in [1.165, 1.54) is 5.56 Å². The molecule has 6 nitrogen and oxygen atoms in total. The molecule has 0 saturated carbocycles. The van der Waals surface area contributed by atoms with E-state index in [0.29, 0.717) is 31.5 Å². The number of guanidine groups is 1. The maximum atomic E-state index is 5.70. The minimum Gasteiger partial charge on any atom is -0.496 e. The van der Waals surface area contributed by atoms with E-state index in [9.17, 15) is 0 Å². The van der Waals surface area contributed by atoms with Crippen molar-refractivity contribution in [2.45, 2.75) is 33.4 Å². The Kier molecular flexibility index (Phi) is 10.5. The van der Waals surface area contributed by atoms with Crippen LogP contribution in [0.1, 0.15) is 30.0 Å². The Morgan fingerprint density at radius 2 is 1.89 bits per heavy atom. The van der Waals surface area contributed by atoms with Crippen molar-refractivity contribution in [3.63, 3.8) is 0 Å². The maximum Gasteiger partial charge on any atom is 0.218 e. The third-order valence-corrected chi connectivity index (χ3v) is 3.85. The lowest BCUT2D eigenvalue weighted by Crippen LogP contribution is -2.36. The highest BCUT2D eigenvalue weighted by molar-refractivity contribution is 14.0. The molecule has 0 saturated heterocycles. The van der Waals surface area contributed by atoms with Gasteiger partial charge in [-0.3, -0.25) is 4.99 Å². The smallest absolute Gasteiger partial charge is 0.218 e. The number of aromatic nitrogens is 1. The van der Waals surface area contributed by atoms with Crippen LogP contribution in [0.2, 0.25) is 0 Å².